The Kier molecular flexibility index (Phi) is 6.88. The van der Waals surface area contributed by atoms with Crippen molar-refractivity contribution in [2.24, 2.45) is 0 Å². The maximum atomic E-state index is 13.5. The van der Waals surface area contributed by atoms with Crippen molar-refractivity contribution >= 4 is 17.7 Å². The molecule has 8 heteroatoms. The molecule has 3 aromatic heterocycles. The first kappa shape index (κ1) is 23.1. The zero-order chi connectivity index (χ0) is 23.4. The molecule has 0 aliphatic carbocycles. The molecule has 33 heavy (non-hydrogen) atoms. The lowest BCUT2D eigenvalue weighted by atomic mass is 9.91. The van der Waals surface area contributed by atoms with Gasteiger partial charge >= 0.3 is 6.09 Å². The third kappa shape index (κ3) is 5.66. The first-order valence-corrected chi connectivity index (χ1v) is 11.5. The van der Waals surface area contributed by atoms with E-state index in [2.05, 4.69) is 15.0 Å². The summed E-state index contributed by atoms with van der Waals surface area (Å²) in [5.74, 6) is 0.678. The highest BCUT2D eigenvalue weighted by Gasteiger charge is 2.40. The summed E-state index contributed by atoms with van der Waals surface area (Å²) in [6, 6.07) is 10.7. The number of likely N-dealkylation sites (tertiary alicyclic amines) is 1. The molecule has 0 radical (unpaired) electrons. The van der Waals surface area contributed by atoms with Gasteiger partial charge in [-0.15, -0.1) is 0 Å². The summed E-state index contributed by atoms with van der Waals surface area (Å²) in [5, 5.41) is 0.521. The number of ether oxygens (including phenoxy) is 1. The number of carbonyl (C=O) groups is 1. The summed E-state index contributed by atoms with van der Waals surface area (Å²) >= 11 is 6.64. The summed E-state index contributed by atoms with van der Waals surface area (Å²) in [6.45, 7) is 5.60. The second-order valence-corrected chi connectivity index (χ2v) is 9.52. The number of amides is 1. The molecule has 0 spiro atoms. The minimum atomic E-state index is -0.628. The molecule has 0 unspecified atom stereocenters. The molecule has 0 aromatic carbocycles. The Balaban J connectivity index is 1.72. The maximum Gasteiger partial charge on any atom is 0.411 e. The number of rotatable bonds is 4. The number of aromatic nitrogens is 4. The van der Waals surface area contributed by atoms with Gasteiger partial charge in [0.15, 0.2) is 0 Å². The van der Waals surface area contributed by atoms with Gasteiger partial charge in [-0.05, 0) is 70.4 Å². The lowest BCUT2D eigenvalue weighted by Gasteiger charge is -2.42. The number of piperidine rings is 1. The minimum absolute atomic E-state index is 0.223. The molecule has 0 bridgehead atoms. The zero-order valence-corrected chi connectivity index (χ0v) is 19.9. The van der Waals surface area contributed by atoms with Crippen LogP contribution in [0.15, 0.2) is 55.0 Å². The second kappa shape index (κ2) is 9.83. The summed E-state index contributed by atoms with van der Waals surface area (Å²) in [6.07, 6.45) is 7.70. The third-order valence-corrected chi connectivity index (χ3v) is 5.78. The Labute approximate surface area is 199 Å². The molecule has 1 amide bonds. The van der Waals surface area contributed by atoms with E-state index in [0.29, 0.717) is 23.0 Å². The fourth-order valence-corrected chi connectivity index (χ4v) is 4.35. The SMILES string of the molecule is CC(C)(C)OC(=O)N1[C@@H](c2nc(Cc3ncccn3)ccc2Cl)CCC[C@H]1c1ccccn1. The van der Waals surface area contributed by atoms with E-state index in [9.17, 15) is 4.79 Å². The number of pyridine rings is 2. The van der Waals surface area contributed by atoms with Crippen molar-refractivity contribution in [3.05, 3.63) is 82.9 Å². The van der Waals surface area contributed by atoms with E-state index in [1.807, 2.05) is 51.1 Å². The Hall–Kier alpha value is -3.06. The van der Waals surface area contributed by atoms with Gasteiger partial charge in [0.1, 0.15) is 11.4 Å². The first-order valence-electron chi connectivity index (χ1n) is 11.2. The molecular formula is C25H28ClN5O2. The van der Waals surface area contributed by atoms with Crippen LogP contribution in [0.4, 0.5) is 4.79 Å². The normalized spacial score (nSPS) is 18.7. The van der Waals surface area contributed by atoms with Crippen LogP contribution in [0.1, 0.15) is 75.0 Å². The Morgan fingerprint density at radius 3 is 2.45 bits per heavy atom. The lowest BCUT2D eigenvalue weighted by molar-refractivity contribution is -0.00795. The number of hydrogen-bond acceptors (Lipinski definition) is 6. The fourth-order valence-electron chi connectivity index (χ4n) is 4.12. The van der Waals surface area contributed by atoms with Crippen LogP contribution in [0.3, 0.4) is 0 Å². The summed E-state index contributed by atoms with van der Waals surface area (Å²) < 4.78 is 5.81. The van der Waals surface area contributed by atoms with E-state index in [1.165, 1.54) is 0 Å². The summed E-state index contributed by atoms with van der Waals surface area (Å²) in [4.78, 5) is 33.2. The zero-order valence-electron chi connectivity index (χ0n) is 19.1. The predicted molar refractivity (Wildman–Crippen MR) is 126 cm³/mol. The molecule has 172 valence electrons. The van der Waals surface area contributed by atoms with E-state index in [4.69, 9.17) is 21.3 Å². The van der Waals surface area contributed by atoms with Gasteiger partial charge in [0.25, 0.3) is 0 Å². The third-order valence-electron chi connectivity index (χ3n) is 5.47. The standard InChI is InChI=1S/C25H28ClN5O2/c1-25(2,3)33-24(32)31-20(19-8-4-5-13-27-19)9-6-10-21(31)23-18(26)12-11-17(30-23)16-22-28-14-7-15-29-22/h4-5,7-8,11-15,20-21H,6,9-10,16H2,1-3H3/t20-,21+/m0/s1. The van der Waals surface area contributed by atoms with Crippen molar-refractivity contribution in [2.45, 2.75) is 64.1 Å². The topological polar surface area (TPSA) is 81.1 Å². The molecule has 3 aromatic rings. The Morgan fingerprint density at radius 1 is 1.03 bits per heavy atom. The molecule has 4 heterocycles. The van der Waals surface area contributed by atoms with Crippen molar-refractivity contribution in [2.75, 3.05) is 0 Å². The lowest BCUT2D eigenvalue weighted by Crippen LogP contribution is -2.44. The smallest absolute Gasteiger partial charge is 0.411 e. The predicted octanol–water partition coefficient (Wildman–Crippen LogP) is 5.71. The van der Waals surface area contributed by atoms with Gasteiger partial charge in [-0.25, -0.2) is 14.8 Å². The molecule has 1 fully saturated rings. The van der Waals surface area contributed by atoms with Gasteiger partial charge in [0, 0.05) is 24.3 Å². The maximum absolute atomic E-state index is 13.5. The van der Waals surface area contributed by atoms with Crippen molar-refractivity contribution < 1.29 is 9.53 Å². The van der Waals surface area contributed by atoms with E-state index in [1.54, 1.807) is 29.6 Å². The average Bonchev–Trinajstić information content (AvgIpc) is 2.80. The van der Waals surface area contributed by atoms with Crippen molar-refractivity contribution in [1.82, 2.24) is 24.8 Å². The van der Waals surface area contributed by atoms with Crippen LogP contribution in [0.5, 0.6) is 0 Å². The molecule has 0 saturated carbocycles. The van der Waals surface area contributed by atoms with Gasteiger partial charge < -0.3 is 4.74 Å². The van der Waals surface area contributed by atoms with Gasteiger partial charge in [0.2, 0.25) is 0 Å². The molecule has 1 aliphatic rings. The minimum Gasteiger partial charge on any atom is -0.444 e. The molecule has 0 N–H and O–H groups in total. The fraction of sp³-hybridized carbons (Fsp3) is 0.400. The Bertz CT molecular complexity index is 1090. The van der Waals surface area contributed by atoms with Gasteiger partial charge in [-0.1, -0.05) is 17.7 Å². The van der Waals surface area contributed by atoms with Crippen LogP contribution >= 0.6 is 11.6 Å². The van der Waals surface area contributed by atoms with E-state index >= 15 is 0 Å². The van der Waals surface area contributed by atoms with E-state index in [0.717, 1.165) is 30.7 Å². The quantitative estimate of drug-likeness (QED) is 0.490. The van der Waals surface area contributed by atoms with Crippen molar-refractivity contribution in [3.63, 3.8) is 0 Å². The number of halogens is 1. The second-order valence-electron chi connectivity index (χ2n) is 9.12. The van der Waals surface area contributed by atoms with Crippen LogP contribution in [-0.2, 0) is 11.2 Å². The summed E-state index contributed by atoms with van der Waals surface area (Å²) in [5.41, 5.74) is 1.66. The average molecular weight is 466 g/mol. The highest BCUT2D eigenvalue weighted by Crippen LogP contribution is 2.43. The van der Waals surface area contributed by atoms with Crippen LogP contribution < -0.4 is 0 Å². The van der Waals surface area contributed by atoms with Crippen LogP contribution in [-0.4, -0.2) is 36.5 Å². The largest absolute Gasteiger partial charge is 0.444 e. The number of hydrogen-bond donors (Lipinski definition) is 0. The first-order chi connectivity index (χ1) is 15.8. The van der Waals surface area contributed by atoms with Crippen molar-refractivity contribution in [3.8, 4) is 0 Å². The molecular weight excluding hydrogens is 438 g/mol. The molecule has 4 rings (SSSR count). The summed E-state index contributed by atoms with van der Waals surface area (Å²) in [7, 11) is 0. The number of nitrogens with zero attached hydrogens (tertiary/aromatic N) is 5. The molecule has 7 nitrogen and oxygen atoms in total. The van der Waals surface area contributed by atoms with Crippen LogP contribution in [0.25, 0.3) is 0 Å². The molecule has 1 aliphatic heterocycles. The molecule has 2 atom stereocenters. The van der Waals surface area contributed by atoms with Gasteiger partial charge in [-0.3, -0.25) is 14.9 Å². The number of carbonyl (C=O) groups excluding carboxylic acids is 1. The van der Waals surface area contributed by atoms with E-state index < -0.39 is 11.7 Å². The van der Waals surface area contributed by atoms with Gasteiger partial charge in [-0.2, -0.15) is 0 Å². The van der Waals surface area contributed by atoms with Crippen molar-refractivity contribution in [1.29, 1.82) is 0 Å². The monoisotopic (exact) mass is 465 g/mol. The van der Waals surface area contributed by atoms with Gasteiger partial charge in [0.05, 0.1) is 34.9 Å². The van der Waals surface area contributed by atoms with Crippen LogP contribution in [0, 0.1) is 0 Å². The highest BCUT2D eigenvalue weighted by molar-refractivity contribution is 6.31. The highest BCUT2D eigenvalue weighted by atomic mass is 35.5. The van der Waals surface area contributed by atoms with E-state index in [-0.39, 0.29) is 12.1 Å². The van der Waals surface area contributed by atoms with Crippen LogP contribution in [0.2, 0.25) is 5.02 Å². The molecule has 1 saturated heterocycles. The Morgan fingerprint density at radius 2 is 1.76 bits per heavy atom.